The van der Waals surface area contributed by atoms with Crippen molar-refractivity contribution in [3.8, 4) is 0 Å². The Kier molecular flexibility index (Phi) is 11.7. The number of rotatable bonds is 13. The number of ether oxygens (including phenoxy) is 2. The number of hydrogen-bond acceptors (Lipinski definition) is 12. The molecule has 1 saturated heterocycles. The maximum Gasteiger partial charge on any atom is 0.414 e. The van der Waals surface area contributed by atoms with Crippen LogP contribution in [0.5, 0.6) is 0 Å². The van der Waals surface area contributed by atoms with Gasteiger partial charge in [-0.25, -0.2) is 9.78 Å². The van der Waals surface area contributed by atoms with E-state index in [2.05, 4.69) is 15.6 Å². The normalized spacial score (nSPS) is 15.9. The highest BCUT2D eigenvalue weighted by Gasteiger charge is 2.32. The van der Waals surface area contributed by atoms with Gasteiger partial charge in [0, 0.05) is 37.8 Å². The lowest BCUT2D eigenvalue weighted by Crippen LogP contribution is -2.45. The molecule has 1 unspecified atom stereocenters. The number of hydrogen-bond donors (Lipinski definition) is 2. The molecule has 2 aliphatic heterocycles. The van der Waals surface area contributed by atoms with Crippen LogP contribution in [0.2, 0.25) is 0 Å². The Bertz CT molecular complexity index is 2300. The van der Waals surface area contributed by atoms with Crippen LogP contribution in [0.4, 0.5) is 27.8 Å². The van der Waals surface area contributed by atoms with Gasteiger partial charge in [-0.1, -0.05) is 60.2 Å². The molecule has 14 nitrogen and oxygen atoms in total. The van der Waals surface area contributed by atoms with Crippen molar-refractivity contribution in [2.24, 2.45) is 0 Å². The highest BCUT2D eigenvalue weighted by Crippen LogP contribution is 2.40. The Labute approximate surface area is 320 Å². The van der Waals surface area contributed by atoms with Gasteiger partial charge in [0.15, 0.2) is 0 Å². The van der Waals surface area contributed by atoms with Crippen LogP contribution in [0.25, 0.3) is 11.0 Å². The van der Waals surface area contributed by atoms with Gasteiger partial charge in [0.05, 0.1) is 42.1 Å². The first kappa shape index (κ1) is 37.9. The zero-order chi connectivity index (χ0) is 38.4. The van der Waals surface area contributed by atoms with Gasteiger partial charge in [0.2, 0.25) is 5.95 Å². The highest BCUT2D eigenvalue weighted by molar-refractivity contribution is 7.86. The van der Waals surface area contributed by atoms with Gasteiger partial charge in [-0.15, -0.1) is 0 Å². The molecule has 55 heavy (non-hydrogen) atoms. The molecule has 15 heteroatoms. The molecular weight excluding hydrogens is 723 g/mol. The monoisotopic (exact) mass is 767 g/mol. The second kappa shape index (κ2) is 17.0. The summed E-state index contributed by atoms with van der Waals surface area (Å²) in [4.78, 5) is 41.2. The van der Waals surface area contributed by atoms with E-state index in [0.717, 1.165) is 41.8 Å². The van der Waals surface area contributed by atoms with Gasteiger partial charge in [-0.2, -0.15) is 13.4 Å². The summed E-state index contributed by atoms with van der Waals surface area (Å²) in [5, 5.41) is 7.29. The van der Waals surface area contributed by atoms with E-state index in [-0.39, 0.29) is 42.9 Å². The molecule has 0 radical (unpaired) electrons. The van der Waals surface area contributed by atoms with Gasteiger partial charge < -0.3 is 25.0 Å². The van der Waals surface area contributed by atoms with E-state index >= 15 is 0 Å². The lowest BCUT2D eigenvalue weighted by atomic mass is 10.1. The zero-order valence-corrected chi connectivity index (χ0v) is 31.8. The van der Waals surface area contributed by atoms with E-state index in [0.29, 0.717) is 54.5 Å². The number of amides is 1. The SMILES string of the molecule is Cc1ccc(S(=O)(=O)OCCOCCNc2ncc3cc(N4CCN(C(=O)OCc5ccccc5)c5c(C)cccc54)c(=O)n(C4CCCNC4)c3n2)cc1. The highest BCUT2D eigenvalue weighted by atomic mass is 32.2. The van der Waals surface area contributed by atoms with E-state index < -0.39 is 16.2 Å². The van der Waals surface area contributed by atoms with E-state index in [1.54, 1.807) is 27.8 Å². The number of carbonyl (C=O) groups excluding carboxylic acids is 1. The van der Waals surface area contributed by atoms with Crippen molar-refractivity contribution in [2.75, 3.05) is 67.7 Å². The summed E-state index contributed by atoms with van der Waals surface area (Å²) in [6.07, 6.45) is 2.99. The van der Waals surface area contributed by atoms with Crippen LogP contribution in [0.3, 0.4) is 0 Å². The molecule has 0 bridgehead atoms. The van der Waals surface area contributed by atoms with Crippen LogP contribution in [0.1, 0.15) is 35.6 Å². The minimum atomic E-state index is -3.87. The number of carbonyl (C=O) groups is 1. The summed E-state index contributed by atoms with van der Waals surface area (Å²) < 4.78 is 43.0. The Morgan fingerprint density at radius 1 is 0.964 bits per heavy atom. The third-order valence-corrected chi connectivity index (χ3v) is 11.1. The molecule has 2 N–H and O–H groups in total. The number of piperidine rings is 1. The van der Waals surface area contributed by atoms with Crippen molar-refractivity contribution in [2.45, 2.75) is 44.2 Å². The molecule has 7 rings (SSSR count). The maximum atomic E-state index is 14.6. The standard InChI is InChI=1S/C40H45N7O7S/c1-28-13-15-33(16-14-28)55(50,51)54-23-22-52-21-18-42-39-43-25-31-24-35(38(48)47(37(31)44-39)32-11-7-17-41-26-32)45-19-20-46(36-29(2)8-6-12-34(36)45)40(49)53-27-30-9-4-3-5-10-30/h3-6,8-10,12-16,24-25,32,41H,7,11,17-23,26-27H2,1-2H3,(H,42,43,44). The van der Waals surface area contributed by atoms with Gasteiger partial charge in [0.25, 0.3) is 15.7 Å². The minimum Gasteiger partial charge on any atom is -0.444 e. The number of nitrogens with one attached hydrogen (secondary N) is 2. The van der Waals surface area contributed by atoms with Crippen LogP contribution < -0.4 is 26.0 Å². The Morgan fingerprint density at radius 3 is 2.56 bits per heavy atom. The number of nitrogens with zero attached hydrogens (tertiary/aromatic N) is 5. The van der Waals surface area contributed by atoms with Crippen molar-refractivity contribution in [1.82, 2.24) is 19.9 Å². The minimum absolute atomic E-state index is 0.0775. The second-order valence-electron chi connectivity index (χ2n) is 13.6. The lowest BCUT2D eigenvalue weighted by molar-refractivity contribution is 0.109. The van der Waals surface area contributed by atoms with Crippen LogP contribution in [0, 0.1) is 13.8 Å². The largest absolute Gasteiger partial charge is 0.444 e. The molecule has 0 saturated carbocycles. The molecule has 5 aromatic rings. The van der Waals surface area contributed by atoms with Crippen LogP contribution in [0.15, 0.2) is 94.7 Å². The lowest BCUT2D eigenvalue weighted by Gasteiger charge is -2.38. The molecule has 1 fully saturated rings. The molecule has 1 amide bonds. The number of fused-ring (bicyclic) bond motifs is 2. The van der Waals surface area contributed by atoms with Crippen molar-refractivity contribution < 1.29 is 26.9 Å². The molecule has 1 atom stereocenters. The van der Waals surface area contributed by atoms with Gasteiger partial charge in [-0.3, -0.25) is 18.4 Å². The number of aryl methyl sites for hydroxylation is 2. The molecule has 4 heterocycles. The quantitative estimate of drug-likeness (QED) is 0.115. The fraction of sp³-hybridized carbons (Fsp3) is 0.350. The van der Waals surface area contributed by atoms with Crippen LogP contribution >= 0.6 is 0 Å². The zero-order valence-electron chi connectivity index (χ0n) is 30.9. The van der Waals surface area contributed by atoms with Gasteiger partial charge in [-0.05, 0) is 68.6 Å². The molecule has 288 valence electrons. The Hall–Kier alpha value is -5.35. The number of benzene rings is 3. The van der Waals surface area contributed by atoms with E-state index in [1.807, 2.05) is 73.3 Å². The molecule has 2 aromatic heterocycles. The van der Waals surface area contributed by atoms with Crippen LogP contribution in [-0.2, 0) is 30.4 Å². The average molecular weight is 768 g/mol. The maximum absolute atomic E-state index is 14.6. The molecule has 0 aliphatic carbocycles. The van der Waals surface area contributed by atoms with Gasteiger partial charge in [0.1, 0.15) is 17.9 Å². The summed E-state index contributed by atoms with van der Waals surface area (Å²) in [5.41, 5.74) is 5.00. The first-order chi connectivity index (χ1) is 26.7. The molecule has 2 aliphatic rings. The summed E-state index contributed by atoms with van der Waals surface area (Å²) in [6, 6.07) is 23.5. The number of para-hydroxylation sites is 1. The smallest absolute Gasteiger partial charge is 0.414 e. The second-order valence-corrected chi connectivity index (χ2v) is 15.2. The average Bonchev–Trinajstić information content (AvgIpc) is 3.20. The summed E-state index contributed by atoms with van der Waals surface area (Å²) in [6.45, 7) is 6.74. The van der Waals surface area contributed by atoms with Crippen LogP contribution in [-0.4, -0.2) is 81.6 Å². The van der Waals surface area contributed by atoms with Gasteiger partial charge >= 0.3 is 6.09 Å². The topological polar surface area (TPSA) is 157 Å². The van der Waals surface area contributed by atoms with Crippen molar-refractivity contribution in [1.29, 1.82) is 0 Å². The third-order valence-electron chi connectivity index (χ3n) is 9.74. The third kappa shape index (κ3) is 8.65. The summed E-state index contributed by atoms with van der Waals surface area (Å²) >= 11 is 0. The van der Waals surface area contributed by atoms with E-state index in [4.69, 9.17) is 18.6 Å². The summed E-state index contributed by atoms with van der Waals surface area (Å²) in [5.74, 6) is 0.336. The summed E-state index contributed by atoms with van der Waals surface area (Å²) in [7, 11) is -3.87. The Morgan fingerprint density at radius 2 is 1.78 bits per heavy atom. The first-order valence-electron chi connectivity index (χ1n) is 18.5. The fourth-order valence-corrected chi connectivity index (χ4v) is 7.86. The first-order valence-corrected chi connectivity index (χ1v) is 19.9. The predicted molar refractivity (Wildman–Crippen MR) is 211 cm³/mol. The molecule has 0 spiro atoms. The number of anilines is 4. The van der Waals surface area contributed by atoms with Crippen molar-refractivity contribution in [3.05, 3.63) is 112 Å². The van der Waals surface area contributed by atoms with E-state index in [9.17, 15) is 18.0 Å². The number of aromatic nitrogens is 3. The molecular formula is C40H45N7O7S. The predicted octanol–water partition coefficient (Wildman–Crippen LogP) is 5.46. The van der Waals surface area contributed by atoms with Crippen molar-refractivity contribution in [3.63, 3.8) is 0 Å². The fourth-order valence-electron chi connectivity index (χ4n) is 6.96. The molecule has 3 aromatic carbocycles. The number of pyridine rings is 1. The van der Waals surface area contributed by atoms with E-state index in [1.165, 1.54) is 12.1 Å². The Balaban J connectivity index is 1.07. The van der Waals surface area contributed by atoms with Crippen molar-refractivity contribution >= 4 is 50.3 Å².